The molecule has 0 aromatic rings. The zero-order valence-corrected chi connectivity index (χ0v) is 23.1. The molecule has 11 heteroatoms. The van der Waals surface area contributed by atoms with Crippen molar-refractivity contribution in [3.05, 3.63) is 24.7 Å². The maximum atomic E-state index is 12.5. The van der Waals surface area contributed by atoms with E-state index in [1.54, 1.807) is 0 Å². The van der Waals surface area contributed by atoms with E-state index in [9.17, 15) is 14.4 Å². The highest BCUT2D eigenvalue weighted by molar-refractivity contribution is 6.43. The van der Waals surface area contributed by atoms with Crippen LogP contribution in [0.2, 0.25) is 0 Å². The van der Waals surface area contributed by atoms with E-state index in [0.717, 1.165) is 96.3 Å². The van der Waals surface area contributed by atoms with Crippen LogP contribution in [0.3, 0.4) is 0 Å². The highest BCUT2D eigenvalue weighted by Crippen LogP contribution is 2.27. The van der Waals surface area contributed by atoms with Crippen LogP contribution in [0.4, 0.5) is 0 Å². The molecule has 1 spiro atoms. The Labute approximate surface area is 227 Å². The molecule has 0 atom stereocenters. The van der Waals surface area contributed by atoms with E-state index >= 15 is 0 Å². The summed E-state index contributed by atoms with van der Waals surface area (Å²) < 4.78 is 0. The van der Waals surface area contributed by atoms with Crippen LogP contribution in [0, 0.1) is 5.41 Å². The molecule has 0 unspecified atom stereocenters. The molecule has 11 nitrogen and oxygen atoms in total. The van der Waals surface area contributed by atoms with Crippen molar-refractivity contribution in [2.24, 2.45) is 17.2 Å². The van der Waals surface area contributed by atoms with Gasteiger partial charge in [0.15, 0.2) is 0 Å². The molecular weight excluding hydrogens is 484 g/mol. The van der Waals surface area contributed by atoms with Crippen LogP contribution in [0.5, 0.6) is 0 Å². The lowest BCUT2D eigenvalue weighted by Gasteiger charge is -2.39. The molecule has 0 aromatic heterocycles. The number of hydrogen-bond donors (Lipinski definition) is 6. The number of rotatable bonds is 10. The molecule has 3 rings (SSSR count). The third kappa shape index (κ3) is 9.34. The van der Waals surface area contributed by atoms with Crippen LogP contribution in [0.15, 0.2) is 24.7 Å². The second kappa shape index (κ2) is 14.2. The minimum Gasteiger partial charge on any atom is -0.397 e. The van der Waals surface area contributed by atoms with Crippen molar-refractivity contribution in [3.63, 3.8) is 0 Å². The number of nitrogens with one attached hydrogen (secondary N) is 3. The Kier molecular flexibility index (Phi) is 11.6. The Morgan fingerprint density at radius 2 is 1.39 bits per heavy atom. The molecule has 214 valence electrons. The predicted molar refractivity (Wildman–Crippen MR) is 150 cm³/mol. The number of likely N-dealkylation sites (tertiary alicyclic amines) is 2. The van der Waals surface area contributed by atoms with Crippen LogP contribution in [-0.4, -0.2) is 77.0 Å². The summed E-state index contributed by atoms with van der Waals surface area (Å²) in [6, 6.07) is 0. The van der Waals surface area contributed by atoms with Crippen LogP contribution < -0.4 is 27.8 Å². The minimum atomic E-state index is -0.850. The highest BCUT2D eigenvalue weighted by atomic mass is 16.2. The molecule has 3 aliphatic heterocycles. The van der Waals surface area contributed by atoms with Gasteiger partial charge in [-0.15, -0.1) is 0 Å². The summed E-state index contributed by atoms with van der Waals surface area (Å²) >= 11 is 0. The zero-order chi connectivity index (χ0) is 28.3. The van der Waals surface area contributed by atoms with Crippen molar-refractivity contribution in [3.8, 4) is 0 Å². The van der Waals surface area contributed by atoms with Crippen LogP contribution in [0.25, 0.3) is 0 Å². The number of nitrogens with two attached hydrogens (primary N) is 3. The first-order chi connectivity index (χ1) is 17.9. The third-order valence-electron chi connectivity index (χ3n) is 8.04. The lowest BCUT2D eigenvalue weighted by molar-refractivity contribution is -0.134. The van der Waals surface area contributed by atoms with E-state index in [1.807, 2.05) is 9.80 Å². The van der Waals surface area contributed by atoms with Gasteiger partial charge in [-0.05, 0) is 44.9 Å². The summed E-state index contributed by atoms with van der Waals surface area (Å²) in [7, 11) is 0. The fraction of sp³-hybridized carbons (Fsp3) is 0.704. The van der Waals surface area contributed by atoms with Gasteiger partial charge >= 0.3 is 0 Å². The van der Waals surface area contributed by atoms with Crippen molar-refractivity contribution in [1.82, 2.24) is 20.4 Å². The monoisotopic (exact) mass is 532 g/mol. The Bertz CT molecular complexity index is 871. The average molecular weight is 533 g/mol. The molecule has 3 heterocycles. The third-order valence-corrected chi connectivity index (χ3v) is 8.04. The number of amides is 3. The fourth-order valence-corrected chi connectivity index (χ4v) is 5.11. The van der Waals surface area contributed by atoms with Crippen molar-refractivity contribution < 1.29 is 14.4 Å². The first kappa shape index (κ1) is 31.1. The quantitative estimate of drug-likeness (QED) is 0.179. The van der Waals surface area contributed by atoms with E-state index in [0.29, 0.717) is 12.8 Å². The second-order valence-electron chi connectivity index (χ2n) is 10.9. The van der Waals surface area contributed by atoms with Gasteiger partial charge in [-0.1, -0.05) is 32.9 Å². The fourth-order valence-electron chi connectivity index (χ4n) is 5.11. The first-order valence-corrected chi connectivity index (χ1v) is 13.8. The van der Waals surface area contributed by atoms with Crippen molar-refractivity contribution >= 4 is 23.4 Å². The Hall–Kier alpha value is -3.08. The summed E-state index contributed by atoms with van der Waals surface area (Å²) in [6.45, 7) is 13.4. The van der Waals surface area contributed by atoms with Gasteiger partial charge in [0.05, 0.1) is 17.1 Å². The van der Waals surface area contributed by atoms with E-state index in [4.69, 9.17) is 16.9 Å². The predicted octanol–water partition coefficient (Wildman–Crippen LogP) is 1.05. The number of hydrogen-bond acceptors (Lipinski definition) is 8. The first-order valence-electron chi connectivity index (χ1n) is 13.8. The van der Waals surface area contributed by atoms with Gasteiger partial charge in [-0.3, -0.25) is 19.8 Å². The molecular formula is C27H48N8O3. The highest BCUT2D eigenvalue weighted by Gasteiger charge is 2.39. The maximum absolute atomic E-state index is 12.5. The number of piperidine rings is 2. The van der Waals surface area contributed by atoms with Crippen molar-refractivity contribution in [2.45, 2.75) is 88.6 Å². The van der Waals surface area contributed by atoms with E-state index in [-0.39, 0.29) is 28.6 Å². The average Bonchev–Trinajstić information content (AvgIpc) is 3.25. The van der Waals surface area contributed by atoms with E-state index in [2.05, 4.69) is 36.4 Å². The molecule has 3 amide bonds. The molecule has 0 aromatic carbocycles. The standard InChI is InChI=1S/C23H41N5O2.C4H7N3O/c1-3-22(24)10-14-27(15-11-22)20(29)8-6-4-5-7-9-21(30)28-16-12-23(13-17-28)18-25-19(2)26-23;1-2(5)3(6)4(7)8/h25-26H,2-18,24H2,1H3;6H,1,5H2,(H2,7,8). The molecule has 3 fully saturated rings. The second-order valence-corrected chi connectivity index (χ2v) is 10.9. The summed E-state index contributed by atoms with van der Waals surface area (Å²) in [5, 5.41) is 13.4. The van der Waals surface area contributed by atoms with Crippen molar-refractivity contribution in [1.29, 1.82) is 5.41 Å². The normalized spacial score (nSPS) is 19.6. The summed E-state index contributed by atoms with van der Waals surface area (Å²) in [5.41, 5.74) is 15.4. The Morgan fingerprint density at radius 1 is 0.921 bits per heavy atom. The summed E-state index contributed by atoms with van der Waals surface area (Å²) in [5.74, 6) is 0.601. The smallest absolute Gasteiger partial charge is 0.268 e. The molecule has 38 heavy (non-hydrogen) atoms. The topological polar surface area (TPSA) is 184 Å². The van der Waals surface area contributed by atoms with Crippen molar-refractivity contribution in [2.75, 3.05) is 32.7 Å². The van der Waals surface area contributed by atoms with E-state index in [1.165, 1.54) is 0 Å². The Balaban J connectivity index is 0.000000550. The zero-order valence-electron chi connectivity index (χ0n) is 23.1. The molecule has 3 aliphatic rings. The lowest BCUT2D eigenvalue weighted by Crippen LogP contribution is -2.53. The molecule has 0 bridgehead atoms. The molecule has 0 radical (unpaired) electrons. The SMILES string of the molecule is C=C(N)C(=N)C(N)=O.C=C1NCC2(CCN(C(=O)CCCCCCC(=O)N3CCC(N)(CC)CC3)CC2)N1. The largest absolute Gasteiger partial charge is 0.397 e. The van der Waals surface area contributed by atoms with Gasteiger partial charge in [-0.2, -0.15) is 0 Å². The van der Waals surface area contributed by atoms with Crippen LogP contribution >= 0.6 is 0 Å². The van der Waals surface area contributed by atoms with Gasteiger partial charge in [0.2, 0.25) is 11.8 Å². The molecule has 9 N–H and O–H groups in total. The lowest BCUT2D eigenvalue weighted by atomic mass is 9.86. The van der Waals surface area contributed by atoms with Crippen LogP contribution in [-0.2, 0) is 14.4 Å². The minimum absolute atomic E-state index is 0.0721. The number of carbonyl (C=O) groups excluding carboxylic acids is 3. The van der Waals surface area contributed by atoms with Gasteiger partial charge in [0.1, 0.15) is 5.71 Å². The van der Waals surface area contributed by atoms with Gasteiger partial charge in [0.25, 0.3) is 5.91 Å². The molecule has 3 saturated heterocycles. The maximum Gasteiger partial charge on any atom is 0.268 e. The van der Waals surface area contributed by atoms with Gasteiger partial charge in [-0.25, -0.2) is 0 Å². The van der Waals surface area contributed by atoms with Crippen LogP contribution in [0.1, 0.15) is 77.6 Å². The number of unbranched alkanes of at least 4 members (excludes halogenated alkanes) is 3. The molecule has 0 saturated carbocycles. The summed E-state index contributed by atoms with van der Waals surface area (Å²) in [4.78, 5) is 38.9. The van der Waals surface area contributed by atoms with E-state index < -0.39 is 11.6 Å². The van der Waals surface area contributed by atoms with Gasteiger partial charge < -0.3 is 37.6 Å². The Morgan fingerprint density at radius 3 is 1.74 bits per heavy atom. The number of carbonyl (C=O) groups is 3. The molecule has 0 aliphatic carbocycles. The number of nitrogens with zero attached hydrogens (tertiary/aromatic N) is 2. The van der Waals surface area contributed by atoms with Gasteiger partial charge in [0, 0.05) is 51.1 Å². The summed E-state index contributed by atoms with van der Waals surface area (Å²) in [6.07, 6.45) is 9.88. The number of primary amides is 1.